The van der Waals surface area contributed by atoms with Gasteiger partial charge in [0, 0.05) is 23.6 Å². The lowest BCUT2D eigenvalue weighted by atomic mass is 9.94. The summed E-state index contributed by atoms with van der Waals surface area (Å²) in [6, 6.07) is 9.69. The van der Waals surface area contributed by atoms with E-state index in [1.165, 1.54) is 12.1 Å². The Bertz CT molecular complexity index is 891. The van der Waals surface area contributed by atoms with Crippen molar-refractivity contribution in [2.24, 2.45) is 0 Å². The van der Waals surface area contributed by atoms with Gasteiger partial charge in [-0.2, -0.15) is 5.10 Å². The van der Waals surface area contributed by atoms with E-state index < -0.39 is 0 Å². The van der Waals surface area contributed by atoms with Crippen molar-refractivity contribution in [3.8, 4) is 11.3 Å². The van der Waals surface area contributed by atoms with Gasteiger partial charge in [0.15, 0.2) is 0 Å². The minimum atomic E-state index is -0.277. The maximum atomic E-state index is 13.1. The van der Waals surface area contributed by atoms with Crippen LogP contribution in [0.15, 0.2) is 41.2 Å². The highest BCUT2D eigenvalue weighted by Crippen LogP contribution is 2.26. The third kappa shape index (κ3) is 2.66. The monoisotopic (exact) mass is 312 g/mol. The summed E-state index contributed by atoms with van der Waals surface area (Å²) in [5.41, 5.74) is 3.05. The predicted octanol–water partition coefficient (Wildman–Crippen LogP) is 2.30. The first-order valence-corrected chi connectivity index (χ1v) is 7.80. The molecule has 0 amide bonds. The molecule has 5 nitrogen and oxygen atoms in total. The Morgan fingerprint density at radius 1 is 1.13 bits per heavy atom. The van der Waals surface area contributed by atoms with Gasteiger partial charge < -0.3 is 10.3 Å². The van der Waals surface area contributed by atoms with Gasteiger partial charge in [-0.1, -0.05) is 0 Å². The van der Waals surface area contributed by atoms with Crippen molar-refractivity contribution in [2.45, 2.75) is 18.8 Å². The minimum Gasteiger partial charge on any atom is -0.317 e. The molecule has 0 atom stereocenters. The molecule has 3 aromatic rings. The van der Waals surface area contributed by atoms with E-state index in [9.17, 15) is 9.18 Å². The number of hydrogen-bond donors (Lipinski definition) is 2. The molecule has 4 rings (SSSR count). The van der Waals surface area contributed by atoms with Crippen LogP contribution in [0.5, 0.6) is 0 Å². The van der Waals surface area contributed by atoms with Gasteiger partial charge in [-0.3, -0.25) is 4.79 Å². The first-order chi connectivity index (χ1) is 11.2. The van der Waals surface area contributed by atoms with Crippen LogP contribution in [0, 0.1) is 5.82 Å². The van der Waals surface area contributed by atoms with Crippen molar-refractivity contribution in [3.05, 3.63) is 58.3 Å². The molecule has 1 aliphatic rings. The SMILES string of the molecule is O=c1cc(C2CCNCC2)n2nc(-c3ccc(F)cc3)cc2[nH]1. The fraction of sp³-hybridized carbons (Fsp3) is 0.294. The molecule has 1 aliphatic heterocycles. The summed E-state index contributed by atoms with van der Waals surface area (Å²) >= 11 is 0. The second kappa shape index (κ2) is 5.62. The van der Waals surface area contributed by atoms with Crippen LogP contribution in [0.2, 0.25) is 0 Å². The molecule has 0 saturated carbocycles. The standard InChI is InChI=1S/C17H17FN4O/c18-13-3-1-11(2-4-13)14-9-16-20-17(23)10-15(22(16)21-14)12-5-7-19-8-6-12/h1-4,9-10,12,19H,5-8H2,(H,20,23). The minimum absolute atomic E-state index is 0.114. The molecule has 0 bridgehead atoms. The van der Waals surface area contributed by atoms with Gasteiger partial charge in [-0.05, 0) is 50.2 Å². The van der Waals surface area contributed by atoms with Gasteiger partial charge in [0.2, 0.25) is 0 Å². The fourth-order valence-corrected chi connectivity index (χ4v) is 3.19. The highest BCUT2D eigenvalue weighted by molar-refractivity contribution is 5.64. The van der Waals surface area contributed by atoms with Crippen molar-refractivity contribution < 1.29 is 4.39 Å². The fourth-order valence-electron chi connectivity index (χ4n) is 3.19. The summed E-state index contributed by atoms with van der Waals surface area (Å²) < 4.78 is 14.9. The zero-order valence-corrected chi connectivity index (χ0v) is 12.6. The van der Waals surface area contributed by atoms with Crippen molar-refractivity contribution in [3.63, 3.8) is 0 Å². The molecule has 0 aliphatic carbocycles. The molecule has 118 valence electrons. The summed E-state index contributed by atoms with van der Waals surface area (Å²) in [7, 11) is 0. The first-order valence-electron chi connectivity index (χ1n) is 7.80. The lowest BCUT2D eigenvalue weighted by Gasteiger charge is -2.23. The lowest BCUT2D eigenvalue weighted by molar-refractivity contribution is 0.446. The van der Waals surface area contributed by atoms with Crippen LogP contribution < -0.4 is 10.9 Å². The number of aromatic nitrogens is 3. The number of benzene rings is 1. The van der Waals surface area contributed by atoms with Gasteiger partial charge in [0.1, 0.15) is 11.5 Å². The average Bonchev–Trinajstić information content (AvgIpc) is 2.99. The average molecular weight is 312 g/mol. The topological polar surface area (TPSA) is 62.2 Å². The number of halogens is 1. The molecule has 1 aromatic carbocycles. The predicted molar refractivity (Wildman–Crippen MR) is 86.1 cm³/mol. The quantitative estimate of drug-likeness (QED) is 0.763. The summed E-state index contributed by atoms with van der Waals surface area (Å²) in [6.07, 6.45) is 1.98. The van der Waals surface area contributed by atoms with Crippen LogP contribution in [-0.4, -0.2) is 27.7 Å². The summed E-state index contributed by atoms with van der Waals surface area (Å²) in [5.74, 6) is 0.0448. The Kier molecular flexibility index (Phi) is 3.46. The van der Waals surface area contributed by atoms with E-state index in [1.54, 1.807) is 18.2 Å². The Morgan fingerprint density at radius 3 is 2.61 bits per heavy atom. The summed E-state index contributed by atoms with van der Waals surface area (Å²) in [5, 5.41) is 7.96. The molecule has 0 unspecified atom stereocenters. The third-order valence-electron chi connectivity index (χ3n) is 4.38. The number of hydrogen-bond acceptors (Lipinski definition) is 3. The summed E-state index contributed by atoms with van der Waals surface area (Å²) in [6.45, 7) is 1.90. The molecule has 0 spiro atoms. The Labute approximate surface area is 132 Å². The normalized spacial score (nSPS) is 16.0. The second-order valence-corrected chi connectivity index (χ2v) is 5.92. The molecule has 3 heterocycles. The van der Waals surface area contributed by atoms with Crippen LogP contribution in [0.3, 0.4) is 0 Å². The van der Waals surface area contributed by atoms with Crippen molar-refractivity contribution >= 4 is 5.65 Å². The third-order valence-corrected chi connectivity index (χ3v) is 4.38. The molecule has 2 N–H and O–H groups in total. The van der Waals surface area contributed by atoms with Crippen LogP contribution in [0.4, 0.5) is 4.39 Å². The van der Waals surface area contributed by atoms with Crippen molar-refractivity contribution in [1.29, 1.82) is 0 Å². The second-order valence-electron chi connectivity index (χ2n) is 5.92. The van der Waals surface area contributed by atoms with Gasteiger partial charge in [0.05, 0.1) is 11.4 Å². The zero-order valence-electron chi connectivity index (χ0n) is 12.6. The van der Waals surface area contributed by atoms with E-state index in [0.29, 0.717) is 11.6 Å². The van der Waals surface area contributed by atoms with E-state index in [4.69, 9.17) is 0 Å². The number of piperidine rings is 1. The number of nitrogens with one attached hydrogen (secondary N) is 2. The number of fused-ring (bicyclic) bond motifs is 1. The molecule has 1 saturated heterocycles. The lowest BCUT2D eigenvalue weighted by Crippen LogP contribution is -2.28. The van der Waals surface area contributed by atoms with E-state index in [0.717, 1.165) is 42.9 Å². The number of H-pyrrole nitrogens is 1. The van der Waals surface area contributed by atoms with Gasteiger partial charge in [-0.25, -0.2) is 8.91 Å². The maximum Gasteiger partial charge on any atom is 0.251 e. The highest BCUT2D eigenvalue weighted by Gasteiger charge is 2.20. The Hall–Kier alpha value is -2.47. The molecule has 1 fully saturated rings. The van der Waals surface area contributed by atoms with Gasteiger partial charge in [0.25, 0.3) is 5.56 Å². The van der Waals surface area contributed by atoms with Crippen LogP contribution >= 0.6 is 0 Å². The van der Waals surface area contributed by atoms with Crippen molar-refractivity contribution in [1.82, 2.24) is 19.9 Å². The largest absolute Gasteiger partial charge is 0.317 e. The van der Waals surface area contributed by atoms with E-state index in [2.05, 4.69) is 15.4 Å². The zero-order chi connectivity index (χ0) is 15.8. The molecule has 6 heteroatoms. The van der Waals surface area contributed by atoms with E-state index in [1.807, 2.05) is 10.6 Å². The number of aromatic amines is 1. The van der Waals surface area contributed by atoms with E-state index >= 15 is 0 Å². The van der Waals surface area contributed by atoms with Crippen LogP contribution in [0.25, 0.3) is 16.9 Å². The molecule has 23 heavy (non-hydrogen) atoms. The van der Waals surface area contributed by atoms with Crippen LogP contribution in [0.1, 0.15) is 24.5 Å². The maximum absolute atomic E-state index is 13.1. The van der Waals surface area contributed by atoms with E-state index in [-0.39, 0.29) is 11.4 Å². The van der Waals surface area contributed by atoms with Crippen molar-refractivity contribution in [2.75, 3.05) is 13.1 Å². The summed E-state index contributed by atoms with van der Waals surface area (Å²) in [4.78, 5) is 14.8. The van der Waals surface area contributed by atoms with Gasteiger partial charge in [-0.15, -0.1) is 0 Å². The van der Waals surface area contributed by atoms with Gasteiger partial charge >= 0.3 is 0 Å². The highest BCUT2D eigenvalue weighted by atomic mass is 19.1. The molecular weight excluding hydrogens is 295 g/mol. The number of nitrogens with zero attached hydrogens (tertiary/aromatic N) is 2. The van der Waals surface area contributed by atoms with Crippen LogP contribution in [-0.2, 0) is 0 Å². The Balaban J connectivity index is 1.84. The smallest absolute Gasteiger partial charge is 0.251 e. The Morgan fingerprint density at radius 2 is 1.87 bits per heavy atom. The number of rotatable bonds is 2. The molecule has 0 radical (unpaired) electrons. The first kappa shape index (κ1) is 14.1. The molecule has 2 aromatic heterocycles. The molecular formula is C17H17FN4O.